The summed E-state index contributed by atoms with van der Waals surface area (Å²) in [6.45, 7) is 0. The van der Waals surface area contributed by atoms with Crippen molar-refractivity contribution in [3.8, 4) is 0 Å². The average molecular weight is 265 g/mol. The smallest absolute Gasteiger partial charge is 0.223 e. The van der Waals surface area contributed by atoms with Crippen molar-refractivity contribution < 1.29 is 0 Å². The molecule has 5 heteroatoms. The molecular weight excluding hydrogens is 250 g/mol. The molecule has 1 atom stereocenters. The van der Waals surface area contributed by atoms with Crippen LogP contribution in [0, 0.1) is 0 Å². The van der Waals surface area contributed by atoms with E-state index in [1.165, 1.54) is 0 Å². The molecule has 0 fully saturated rings. The highest BCUT2D eigenvalue weighted by atomic mass is 15.2. The van der Waals surface area contributed by atoms with Crippen LogP contribution in [-0.4, -0.2) is 19.5 Å². The third kappa shape index (κ3) is 2.51. The molecule has 2 aromatic heterocycles. The highest BCUT2D eigenvalue weighted by molar-refractivity contribution is 5.36. The summed E-state index contributed by atoms with van der Waals surface area (Å²) in [5, 5.41) is 3.33. The minimum Gasteiger partial charge on any atom is -0.340 e. The zero-order valence-corrected chi connectivity index (χ0v) is 11.1. The van der Waals surface area contributed by atoms with Gasteiger partial charge in [0.05, 0.1) is 0 Å². The Hall–Kier alpha value is -2.69. The topological polar surface area (TPSA) is 55.6 Å². The molecule has 0 aliphatic carbocycles. The van der Waals surface area contributed by atoms with E-state index in [0.717, 1.165) is 11.4 Å². The normalized spacial score (nSPS) is 12.1. The molecule has 1 N–H and O–H groups in total. The lowest BCUT2D eigenvalue weighted by Crippen LogP contribution is -2.18. The van der Waals surface area contributed by atoms with E-state index < -0.39 is 0 Å². The fourth-order valence-corrected chi connectivity index (χ4v) is 2.10. The zero-order valence-electron chi connectivity index (χ0n) is 11.1. The Morgan fingerprint density at radius 3 is 2.35 bits per heavy atom. The Balaban J connectivity index is 1.98. The number of anilines is 1. The van der Waals surface area contributed by atoms with E-state index in [1.54, 1.807) is 24.7 Å². The first kappa shape index (κ1) is 12.3. The number of aryl methyl sites for hydroxylation is 1. The summed E-state index contributed by atoms with van der Waals surface area (Å²) in [5.41, 5.74) is 1.12. The van der Waals surface area contributed by atoms with Gasteiger partial charge in [0.2, 0.25) is 5.95 Å². The van der Waals surface area contributed by atoms with Crippen molar-refractivity contribution in [3.05, 3.63) is 72.6 Å². The largest absolute Gasteiger partial charge is 0.340 e. The molecule has 1 unspecified atom stereocenters. The number of aromatic nitrogens is 4. The maximum Gasteiger partial charge on any atom is 0.223 e. The van der Waals surface area contributed by atoms with Crippen molar-refractivity contribution in [1.29, 1.82) is 0 Å². The summed E-state index contributed by atoms with van der Waals surface area (Å²) in [6, 6.07) is 11.9. The van der Waals surface area contributed by atoms with Crippen LogP contribution in [0.25, 0.3) is 0 Å². The van der Waals surface area contributed by atoms with Crippen molar-refractivity contribution in [2.24, 2.45) is 7.05 Å². The van der Waals surface area contributed by atoms with Gasteiger partial charge < -0.3 is 9.88 Å². The van der Waals surface area contributed by atoms with Gasteiger partial charge >= 0.3 is 0 Å². The Morgan fingerprint density at radius 1 is 0.950 bits per heavy atom. The van der Waals surface area contributed by atoms with Gasteiger partial charge in [-0.2, -0.15) is 0 Å². The van der Waals surface area contributed by atoms with E-state index in [4.69, 9.17) is 0 Å². The van der Waals surface area contributed by atoms with Gasteiger partial charge in [-0.05, 0) is 11.6 Å². The summed E-state index contributed by atoms with van der Waals surface area (Å²) in [4.78, 5) is 12.9. The third-order valence-electron chi connectivity index (χ3n) is 3.09. The molecule has 0 radical (unpaired) electrons. The van der Waals surface area contributed by atoms with Gasteiger partial charge in [0.15, 0.2) is 0 Å². The predicted octanol–water partition coefficient (Wildman–Crippen LogP) is 2.41. The SMILES string of the molecule is Cn1ccnc1C(Nc1ncccn1)c1ccccc1. The standard InChI is InChI=1S/C15H15N5/c1-20-11-10-16-14(20)13(12-6-3-2-4-7-12)19-15-17-8-5-9-18-15/h2-11,13H,1H3,(H,17,18,19). The number of hydrogen-bond donors (Lipinski definition) is 1. The summed E-state index contributed by atoms with van der Waals surface area (Å²) in [7, 11) is 1.98. The van der Waals surface area contributed by atoms with Crippen molar-refractivity contribution in [3.63, 3.8) is 0 Å². The van der Waals surface area contributed by atoms with Gasteiger partial charge in [0.1, 0.15) is 11.9 Å². The van der Waals surface area contributed by atoms with Crippen LogP contribution >= 0.6 is 0 Å². The van der Waals surface area contributed by atoms with E-state index in [2.05, 4.69) is 32.4 Å². The van der Waals surface area contributed by atoms with Crippen LogP contribution in [0.15, 0.2) is 61.2 Å². The number of nitrogens with one attached hydrogen (secondary N) is 1. The average Bonchev–Trinajstić information content (AvgIpc) is 2.93. The van der Waals surface area contributed by atoms with Crippen LogP contribution in [0.3, 0.4) is 0 Å². The number of benzene rings is 1. The third-order valence-corrected chi connectivity index (χ3v) is 3.09. The van der Waals surface area contributed by atoms with E-state index in [1.807, 2.05) is 36.0 Å². The van der Waals surface area contributed by atoms with Gasteiger partial charge in [-0.15, -0.1) is 0 Å². The Labute approximate surface area is 117 Å². The molecule has 0 saturated heterocycles. The van der Waals surface area contributed by atoms with E-state index in [0.29, 0.717) is 5.95 Å². The Morgan fingerprint density at radius 2 is 1.70 bits per heavy atom. The van der Waals surface area contributed by atoms with Crippen LogP contribution in [0.5, 0.6) is 0 Å². The lowest BCUT2D eigenvalue weighted by atomic mass is 10.1. The predicted molar refractivity (Wildman–Crippen MR) is 77.1 cm³/mol. The first-order valence-corrected chi connectivity index (χ1v) is 6.40. The van der Waals surface area contributed by atoms with Crippen LogP contribution in [0.4, 0.5) is 5.95 Å². The summed E-state index contributed by atoms with van der Waals surface area (Å²) >= 11 is 0. The molecule has 20 heavy (non-hydrogen) atoms. The van der Waals surface area contributed by atoms with Gasteiger partial charge in [-0.1, -0.05) is 30.3 Å². The summed E-state index contributed by atoms with van der Waals surface area (Å²) in [6.07, 6.45) is 7.16. The minimum atomic E-state index is -0.0846. The molecule has 5 nitrogen and oxygen atoms in total. The maximum absolute atomic E-state index is 4.43. The Bertz CT molecular complexity index is 663. The number of nitrogens with zero attached hydrogens (tertiary/aromatic N) is 4. The van der Waals surface area contributed by atoms with Gasteiger partial charge in [-0.3, -0.25) is 0 Å². The first-order valence-electron chi connectivity index (χ1n) is 6.40. The number of hydrogen-bond acceptors (Lipinski definition) is 4. The second-order valence-electron chi connectivity index (χ2n) is 4.46. The highest BCUT2D eigenvalue weighted by Crippen LogP contribution is 2.23. The molecular formula is C15H15N5. The van der Waals surface area contributed by atoms with E-state index >= 15 is 0 Å². The molecule has 0 bridgehead atoms. The van der Waals surface area contributed by atoms with Crippen molar-refractivity contribution >= 4 is 5.95 Å². The minimum absolute atomic E-state index is 0.0846. The van der Waals surface area contributed by atoms with Crippen LogP contribution in [0.1, 0.15) is 17.4 Å². The first-order chi connectivity index (χ1) is 9.84. The van der Waals surface area contributed by atoms with Crippen molar-refractivity contribution in [1.82, 2.24) is 19.5 Å². The Kier molecular flexibility index (Phi) is 3.41. The highest BCUT2D eigenvalue weighted by Gasteiger charge is 2.18. The molecule has 100 valence electrons. The molecule has 0 saturated carbocycles. The molecule has 3 aromatic rings. The monoisotopic (exact) mass is 265 g/mol. The fourth-order valence-electron chi connectivity index (χ4n) is 2.10. The van der Waals surface area contributed by atoms with E-state index in [9.17, 15) is 0 Å². The van der Waals surface area contributed by atoms with Crippen molar-refractivity contribution in [2.45, 2.75) is 6.04 Å². The molecule has 1 aromatic carbocycles. The molecule has 0 aliphatic heterocycles. The second-order valence-corrected chi connectivity index (χ2v) is 4.46. The van der Waals surface area contributed by atoms with Crippen LogP contribution in [-0.2, 0) is 7.05 Å². The second kappa shape index (κ2) is 5.52. The fraction of sp³-hybridized carbons (Fsp3) is 0.133. The van der Waals surface area contributed by atoms with Crippen LogP contribution < -0.4 is 5.32 Å². The summed E-state index contributed by atoms with van der Waals surface area (Å²) in [5.74, 6) is 1.51. The molecule has 0 aliphatic rings. The molecule has 2 heterocycles. The number of imidazole rings is 1. The van der Waals surface area contributed by atoms with Gasteiger partial charge in [-0.25, -0.2) is 15.0 Å². The zero-order chi connectivity index (χ0) is 13.8. The van der Waals surface area contributed by atoms with E-state index in [-0.39, 0.29) is 6.04 Å². The quantitative estimate of drug-likeness (QED) is 0.787. The van der Waals surface area contributed by atoms with Crippen molar-refractivity contribution in [2.75, 3.05) is 5.32 Å². The molecule has 0 spiro atoms. The van der Waals surface area contributed by atoms with Crippen LogP contribution in [0.2, 0.25) is 0 Å². The molecule has 0 amide bonds. The molecule has 3 rings (SSSR count). The van der Waals surface area contributed by atoms with Gasteiger partial charge in [0.25, 0.3) is 0 Å². The maximum atomic E-state index is 4.43. The number of rotatable bonds is 4. The lowest BCUT2D eigenvalue weighted by molar-refractivity contribution is 0.742. The summed E-state index contributed by atoms with van der Waals surface area (Å²) < 4.78 is 1.99. The lowest BCUT2D eigenvalue weighted by Gasteiger charge is -2.18. The van der Waals surface area contributed by atoms with Gasteiger partial charge in [0, 0.05) is 31.8 Å².